The Labute approximate surface area is 143 Å². The molecule has 3 rings (SSSR count). The van der Waals surface area contributed by atoms with Gasteiger partial charge in [-0.1, -0.05) is 0 Å². The van der Waals surface area contributed by atoms with Crippen molar-refractivity contribution >= 4 is 7.82 Å². The van der Waals surface area contributed by atoms with Crippen molar-refractivity contribution in [3.8, 4) is 0 Å². The van der Waals surface area contributed by atoms with Crippen LogP contribution in [0.1, 0.15) is 25.0 Å². The van der Waals surface area contributed by atoms with Crippen LogP contribution in [0.15, 0.2) is 18.2 Å². The lowest BCUT2D eigenvalue weighted by atomic mass is 10.1. The van der Waals surface area contributed by atoms with E-state index in [1.807, 2.05) is 0 Å². The predicted molar refractivity (Wildman–Crippen MR) is 80.7 cm³/mol. The Kier molecular flexibility index (Phi) is 5.55. The van der Waals surface area contributed by atoms with Crippen LogP contribution in [0.5, 0.6) is 0 Å². The molecule has 2 saturated heterocycles. The standard InChI is InChI=1S/C15H19F2O7P/c1-8-14(18)15(19)13(23-8)7-22-25(20)21-3-2-12(24-25)9-4-10(16)6-11(17)5-9/h4-6,8,12-15,18-19H,2-3,7H2,1H3/t8-,12-,13+,14+,15?,25?/m0/s1. The SMILES string of the molecule is C[C@@H]1O[C@H](COP2(=O)OCC[C@@H](c3cc(F)cc(F)c3)O2)C(O)[C@@H]1O. The number of ether oxygens (including phenoxy) is 1. The molecule has 2 unspecified atom stereocenters. The van der Waals surface area contributed by atoms with E-state index in [1.165, 1.54) is 0 Å². The Morgan fingerprint density at radius 1 is 1.24 bits per heavy atom. The Morgan fingerprint density at radius 2 is 1.92 bits per heavy atom. The van der Waals surface area contributed by atoms with Crippen molar-refractivity contribution < 1.29 is 41.9 Å². The molecule has 1 aromatic rings. The molecule has 10 heteroatoms. The average Bonchev–Trinajstić information content (AvgIpc) is 2.79. The van der Waals surface area contributed by atoms with Gasteiger partial charge in [-0.25, -0.2) is 13.3 Å². The fourth-order valence-electron chi connectivity index (χ4n) is 2.80. The van der Waals surface area contributed by atoms with Crippen molar-refractivity contribution in [3.05, 3.63) is 35.4 Å². The number of rotatable bonds is 4. The molecule has 2 aliphatic rings. The summed E-state index contributed by atoms with van der Waals surface area (Å²) in [7, 11) is -4.00. The number of aliphatic hydroxyl groups is 2. The lowest BCUT2D eigenvalue weighted by molar-refractivity contribution is -0.0340. The quantitative estimate of drug-likeness (QED) is 0.773. The van der Waals surface area contributed by atoms with Crippen LogP contribution in [-0.2, 0) is 22.9 Å². The van der Waals surface area contributed by atoms with E-state index in [4.69, 9.17) is 18.3 Å². The van der Waals surface area contributed by atoms with Crippen molar-refractivity contribution in [2.24, 2.45) is 0 Å². The summed E-state index contributed by atoms with van der Waals surface area (Å²) in [5.74, 6) is -1.54. The number of hydrogen-bond donors (Lipinski definition) is 2. The molecule has 140 valence electrons. The summed E-state index contributed by atoms with van der Waals surface area (Å²) in [6.07, 6.45) is -4.38. The molecule has 0 bridgehead atoms. The van der Waals surface area contributed by atoms with Crippen LogP contribution in [0.3, 0.4) is 0 Å². The molecular weight excluding hydrogens is 361 g/mol. The number of phosphoric acid groups is 1. The summed E-state index contributed by atoms with van der Waals surface area (Å²) in [6.45, 7) is 1.26. The molecule has 2 fully saturated rings. The zero-order chi connectivity index (χ0) is 18.2. The molecule has 7 nitrogen and oxygen atoms in total. The van der Waals surface area contributed by atoms with Gasteiger partial charge >= 0.3 is 7.82 Å². The van der Waals surface area contributed by atoms with Gasteiger partial charge in [0, 0.05) is 12.5 Å². The monoisotopic (exact) mass is 380 g/mol. The van der Waals surface area contributed by atoms with Gasteiger partial charge in [0.2, 0.25) is 0 Å². The van der Waals surface area contributed by atoms with E-state index in [1.54, 1.807) is 6.92 Å². The number of aliphatic hydroxyl groups excluding tert-OH is 2. The Morgan fingerprint density at radius 3 is 2.52 bits per heavy atom. The van der Waals surface area contributed by atoms with Gasteiger partial charge in [-0.15, -0.1) is 0 Å². The summed E-state index contributed by atoms with van der Waals surface area (Å²) in [6, 6.07) is 2.90. The van der Waals surface area contributed by atoms with Gasteiger partial charge in [0.25, 0.3) is 0 Å². The molecule has 2 aliphatic heterocycles. The molecule has 25 heavy (non-hydrogen) atoms. The highest BCUT2D eigenvalue weighted by Gasteiger charge is 2.43. The van der Waals surface area contributed by atoms with Crippen LogP contribution < -0.4 is 0 Å². The van der Waals surface area contributed by atoms with Crippen LogP contribution in [0, 0.1) is 11.6 Å². The highest BCUT2D eigenvalue weighted by atomic mass is 31.2. The van der Waals surface area contributed by atoms with E-state index >= 15 is 0 Å². The molecule has 0 aliphatic carbocycles. The number of halogens is 2. The lowest BCUT2D eigenvalue weighted by Gasteiger charge is -2.29. The van der Waals surface area contributed by atoms with E-state index in [-0.39, 0.29) is 25.2 Å². The largest absolute Gasteiger partial charge is 0.475 e. The van der Waals surface area contributed by atoms with Crippen molar-refractivity contribution in [3.63, 3.8) is 0 Å². The van der Waals surface area contributed by atoms with Gasteiger partial charge in [0.15, 0.2) is 0 Å². The molecule has 0 spiro atoms. The molecule has 0 saturated carbocycles. The number of hydrogen-bond acceptors (Lipinski definition) is 7. The van der Waals surface area contributed by atoms with Crippen molar-refractivity contribution in [2.45, 2.75) is 43.9 Å². The van der Waals surface area contributed by atoms with E-state index < -0.39 is 50.0 Å². The fraction of sp³-hybridized carbons (Fsp3) is 0.600. The lowest BCUT2D eigenvalue weighted by Crippen LogP contribution is -2.34. The van der Waals surface area contributed by atoms with E-state index in [2.05, 4.69) is 0 Å². The highest BCUT2D eigenvalue weighted by molar-refractivity contribution is 7.48. The first-order chi connectivity index (χ1) is 11.8. The molecule has 0 aromatic heterocycles. The van der Waals surface area contributed by atoms with E-state index in [0.717, 1.165) is 18.2 Å². The molecule has 2 heterocycles. The molecule has 0 radical (unpaired) electrons. The highest BCUT2D eigenvalue weighted by Crippen LogP contribution is 2.57. The number of benzene rings is 1. The first kappa shape index (κ1) is 18.8. The minimum atomic E-state index is -4.00. The zero-order valence-electron chi connectivity index (χ0n) is 13.4. The maximum Gasteiger partial charge on any atom is 0.475 e. The average molecular weight is 380 g/mol. The maximum atomic E-state index is 13.3. The van der Waals surface area contributed by atoms with Gasteiger partial charge in [-0.2, -0.15) is 0 Å². The van der Waals surface area contributed by atoms with E-state index in [0.29, 0.717) is 0 Å². The summed E-state index contributed by atoms with van der Waals surface area (Å²) in [5.41, 5.74) is 0.186. The fourth-order valence-corrected chi connectivity index (χ4v) is 4.20. The maximum absolute atomic E-state index is 13.3. The Hall–Kier alpha value is -0.930. The van der Waals surface area contributed by atoms with Crippen LogP contribution in [-0.4, -0.2) is 47.8 Å². The summed E-state index contributed by atoms with van der Waals surface area (Å²) < 4.78 is 60.1. The van der Waals surface area contributed by atoms with Crippen LogP contribution in [0.2, 0.25) is 0 Å². The zero-order valence-corrected chi connectivity index (χ0v) is 14.3. The smallest absolute Gasteiger partial charge is 0.388 e. The van der Waals surface area contributed by atoms with Crippen molar-refractivity contribution in [2.75, 3.05) is 13.2 Å². The van der Waals surface area contributed by atoms with Crippen LogP contribution in [0.25, 0.3) is 0 Å². The molecule has 2 N–H and O–H groups in total. The third kappa shape index (κ3) is 4.25. The van der Waals surface area contributed by atoms with Gasteiger partial charge in [-0.05, 0) is 24.6 Å². The second-order valence-electron chi connectivity index (χ2n) is 6.02. The van der Waals surface area contributed by atoms with Crippen molar-refractivity contribution in [1.82, 2.24) is 0 Å². The topological polar surface area (TPSA) is 94.5 Å². The molecule has 1 aromatic carbocycles. The van der Waals surface area contributed by atoms with Gasteiger partial charge in [0.05, 0.1) is 25.4 Å². The number of phosphoric ester groups is 1. The normalized spacial score (nSPS) is 38.8. The molecular formula is C15H19F2O7P. The second kappa shape index (κ2) is 7.36. The molecule has 6 atom stereocenters. The summed E-state index contributed by atoms with van der Waals surface area (Å²) >= 11 is 0. The minimum absolute atomic E-state index is 0.00712. The van der Waals surface area contributed by atoms with Gasteiger partial charge < -0.3 is 14.9 Å². The summed E-state index contributed by atoms with van der Waals surface area (Å²) in [5, 5.41) is 19.5. The summed E-state index contributed by atoms with van der Waals surface area (Å²) in [4.78, 5) is 0. The third-order valence-electron chi connectivity index (χ3n) is 4.14. The van der Waals surface area contributed by atoms with Gasteiger partial charge in [0.1, 0.15) is 29.9 Å². The third-order valence-corrected chi connectivity index (χ3v) is 5.62. The van der Waals surface area contributed by atoms with Gasteiger partial charge in [-0.3, -0.25) is 13.6 Å². The second-order valence-corrected chi connectivity index (χ2v) is 7.64. The first-order valence-electron chi connectivity index (χ1n) is 7.82. The predicted octanol–water partition coefficient (Wildman–Crippen LogP) is 2.08. The Bertz CT molecular complexity index is 653. The van der Waals surface area contributed by atoms with Crippen LogP contribution >= 0.6 is 7.82 Å². The first-order valence-corrected chi connectivity index (χ1v) is 9.28. The molecule has 0 amide bonds. The van der Waals surface area contributed by atoms with Crippen molar-refractivity contribution in [1.29, 1.82) is 0 Å². The van der Waals surface area contributed by atoms with E-state index in [9.17, 15) is 23.6 Å². The Balaban J connectivity index is 1.64. The van der Waals surface area contributed by atoms with Crippen LogP contribution in [0.4, 0.5) is 8.78 Å². The minimum Gasteiger partial charge on any atom is -0.388 e.